The lowest BCUT2D eigenvalue weighted by molar-refractivity contribution is -0.145. The van der Waals surface area contributed by atoms with Gasteiger partial charge in [0.2, 0.25) is 0 Å². The highest BCUT2D eigenvalue weighted by Crippen LogP contribution is 2.24. The van der Waals surface area contributed by atoms with Gasteiger partial charge in [-0.15, -0.1) is 0 Å². The van der Waals surface area contributed by atoms with E-state index in [1.54, 1.807) is 30.3 Å². The summed E-state index contributed by atoms with van der Waals surface area (Å²) >= 11 is 5.87. The number of nitrogen functional groups attached to an aromatic ring is 1. The first-order valence-corrected chi connectivity index (χ1v) is 6.80. The average Bonchev–Trinajstić information content (AvgIpc) is 2.45. The number of carboxylic acid groups (broad SMARTS) is 1. The number of nitrogens with zero attached hydrogens (tertiary/aromatic N) is 1. The minimum atomic E-state index is -1.11. The van der Waals surface area contributed by atoms with Gasteiger partial charge in [0, 0.05) is 23.2 Å². The molecule has 0 aliphatic heterocycles. The number of aliphatic carboxylic acids is 1. The predicted molar refractivity (Wildman–Crippen MR) is 82.8 cm³/mol. The van der Waals surface area contributed by atoms with Crippen molar-refractivity contribution in [2.45, 2.75) is 12.5 Å². The zero-order valence-electron chi connectivity index (χ0n) is 11.5. The van der Waals surface area contributed by atoms with Crippen molar-refractivity contribution in [3.63, 3.8) is 0 Å². The second kappa shape index (κ2) is 6.83. The molecule has 0 aromatic heterocycles. The number of rotatable bonds is 5. The summed E-state index contributed by atoms with van der Waals surface area (Å²) in [5.74, 6) is -0.824. The fourth-order valence-electron chi connectivity index (χ4n) is 1.98. The lowest BCUT2D eigenvalue weighted by Gasteiger charge is -2.16. The lowest BCUT2D eigenvalue weighted by atomic mass is 10.1. The molecule has 0 bridgehead atoms. The Balaban J connectivity index is 2.19. The Morgan fingerprint density at radius 3 is 2.77 bits per heavy atom. The molecule has 22 heavy (non-hydrogen) atoms. The van der Waals surface area contributed by atoms with Crippen LogP contribution in [0.5, 0.6) is 5.75 Å². The minimum Gasteiger partial charge on any atom is -0.478 e. The summed E-state index contributed by atoms with van der Waals surface area (Å²) < 4.78 is 5.47. The van der Waals surface area contributed by atoms with E-state index < -0.39 is 12.1 Å². The summed E-state index contributed by atoms with van der Waals surface area (Å²) in [5.41, 5.74) is 7.20. The van der Waals surface area contributed by atoms with Crippen LogP contribution in [0, 0.1) is 11.3 Å². The largest absolute Gasteiger partial charge is 0.478 e. The van der Waals surface area contributed by atoms with Gasteiger partial charge in [-0.05, 0) is 29.8 Å². The zero-order valence-corrected chi connectivity index (χ0v) is 12.2. The number of anilines is 1. The molecule has 6 heteroatoms. The standard InChI is InChI=1S/C16H13ClN2O3/c17-12-6-13(19)8-14(7-12)22-15(16(20)21)5-10-2-1-3-11(4-10)9-18/h1-4,6-8,15H,5,19H2,(H,20,21). The number of carboxylic acids is 1. The fourth-order valence-corrected chi connectivity index (χ4v) is 2.21. The molecule has 112 valence electrons. The van der Waals surface area contributed by atoms with Crippen molar-refractivity contribution in [2.75, 3.05) is 5.73 Å². The first kappa shape index (κ1) is 15.7. The third-order valence-electron chi connectivity index (χ3n) is 2.92. The van der Waals surface area contributed by atoms with Crippen LogP contribution in [0.3, 0.4) is 0 Å². The minimum absolute atomic E-state index is 0.122. The van der Waals surface area contributed by atoms with Crippen LogP contribution in [0.2, 0.25) is 5.02 Å². The molecule has 0 aliphatic rings. The number of nitriles is 1. The van der Waals surface area contributed by atoms with Crippen molar-refractivity contribution in [3.8, 4) is 11.8 Å². The fraction of sp³-hybridized carbons (Fsp3) is 0.125. The molecular weight excluding hydrogens is 304 g/mol. The van der Waals surface area contributed by atoms with E-state index in [4.69, 9.17) is 27.3 Å². The van der Waals surface area contributed by atoms with Gasteiger partial charge < -0.3 is 15.6 Å². The summed E-state index contributed by atoms with van der Waals surface area (Å²) in [6, 6.07) is 13.3. The molecule has 0 heterocycles. The molecule has 1 unspecified atom stereocenters. The summed E-state index contributed by atoms with van der Waals surface area (Å²) in [6.45, 7) is 0. The topological polar surface area (TPSA) is 96.3 Å². The van der Waals surface area contributed by atoms with Crippen molar-refractivity contribution >= 4 is 23.3 Å². The Morgan fingerprint density at radius 2 is 2.14 bits per heavy atom. The Kier molecular flexibility index (Phi) is 4.87. The van der Waals surface area contributed by atoms with E-state index in [2.05, 4.69) is 0 Å². The number of benzene rings is 2. The van der Waals surface area contributed by atoms with Crippen molar-refractivity contribution in [2.24, 2.45) is 0 Å². The summed E-state index contributed by atoms with van der Waals surface area (Å²) in [5, 5.41) is 18.5. The first-order chi connectivity index (χ1) is 10.5. The smallest absolute Gasteiger partial charge is 0.345 e. The molecular formula is C16H13ClN2O3. The average molecular weight is 317 g/mol. The number of halogens is 1. The maximum absolute atomic E-state index is 11.4. The van der Waals surface area contributed by atoms with Gasteiger partial charge in [-0.1, -0.05) is 23.7 Å². The molecule has 0 amide bonds. The second-order valence-corrected chi connectivity index (χ2v) is 5.12. The van der Waals surface area contributed by atoms with E-state index in [1.165, 1.54) is 12.1 Å². The molecule has 1 atom stereocenters. The van der Waals surface area contributed by atoms with Crippen molar-refractivity contribution in [1.29, 1.82) is 5.26 Å². The number of hydrogen-bond donors (Lipinski definition) is 2. The number of carbonyl (C=O) groups is 1. The van der Waals surface area contributed by atoms with E-state index in [9.17, 15) is 9.90 Å². The monoisotopic (exact) mass is 316 g/mol. The highest BCUT2D eigenvalue weighted by atomic mass is 35.5. The SMILES string of the molecule is N#Cc1cccc(CC(Oc2cc(N)cc(Cl)c2)C(=O)O)c1. The van der Waals surface area contributed by atoms with Crippen molar-refractivity contribution in [3.05, 3.63) is 58.6 Å². The van der Waals surface area contributed by atoms with Crippen molar-refractivity contribution in [1.82, 2.24) is 0 Å². The molecule has 0 spiro atoms. The highest BCUT2D eigenvalue weighted by molar-refractivity contribution is 6.31. The second-order valence-electron chi connectivity index (χ2n) is 4.68. The molecule has 3 N–H and O–H groups in total. The quantitative estimate of drug-likeness (QED) is 0.827. The Hall–Kier alpha value is -2.71. The van der Waals surface area contributed by atoms with Gasteiger partial charge in [0.05, 0.1) is 11.6 Å². The third-order valence-corrected chi connectivity index (χ3v) is 3.14. The molecule has 0 radical (unpaired) electrons. The number of ether oxygens (including phenoxy) is 1. The van der Waals surface area contributed by atoms with E-state index >= 15 is 0 Å². The third kappa shape index (κ3) is 4.14. The van der Waals surface area contributed by atoms with Gasteiger partial charge in [-0.2, -0.15) is 5.26 Å². The molecule has 0 saturated heterocycles. The van der Waals surface area contributed by atoms with Crippen LogP contribution in [0.1, 0.15) is 11.1 Å². The summed E-state index contributed by atoms with van der Waals surface area (Å²) in [7, 11) is 0. The molecule has 0 fully saturated rings. The Bertz CT molecular complexity index is 720. The summed E-state index contributed by atoms with van der Waals surface area (Å²) in [6.07, 6.45) is -0.983. The Labute approximate surface area is 132 Å². The van der Waals surface area contributed by atoms with Crippen LogP contribution in [0.15, 0.2) is 42.5 Å². The molecule has 2 rings (SSSR count). The van der Waals surface area contributed by atoms with Crippen LogP contribution >= 0.6 is 11.6 Å². The molecule has 0 saturated carbocycles. The van der Waals surface area contributed by atoms with Crippen LogP contribution < -0.4 is 10.5 Å². The van der Waals surface area contributed by atoms with Gasteiger partial charge >= 0.3 is 5.97 Å². The summed E-state index contributed by atoms with van der Waals surface area (Å²) in [4.78, 5) is 11.4. The van der Waals surface area contributed by atoms with E-state index in [1.807, 2.05) is 6.07 Å². The number of nitrogens with two attached hydrogens (primary N) is 1. The van der Waals surface area contributed by atoms with Gasteiger partial charge in [0.25, 0.3) is 0 Å². The van der Waals surface area contributed by atoms with E-state index in [-0.39, 0.29) is 12.2 Å². The van der Waals surface area contributed by atoms with Crippen LogP contribution in [-0.2, 0) is 11.2 Å². The zero-order chi connectivity index (χ0) is 16.1. The maximum atomic E-state index is 11.4. The van der Waals surface area contributed by atoms with Gasteiger partial charge in [0.1, 0.15) is 5.75 Å². The van der Waals surface area contributed by atoms with Crippen LogP contribution in [0.4, 0.5) is 5.69 Å². The van der Waals surface area contributed by atoms with E-state index in [0.29, 0.717) is 21.8 Å². The lowest BCUT2D eigenvalue weighted by Crippen LogP contribution is -2.29. The first-order valence-electron chi connectivity index (χ1n) is 6.42. The molecule has 0 aliphatic carbocycles. The predicted octanol–water partition coefficient (Wildman–Crippen LogP) is 2.87. The molecule has 2 aromatic rings. The molecule has 2 aromatic carbocycles. The maximum Gasteiger partial charge on any atom is 0.345 e. The highest BCUT2D eigenvalue weighted by Gasteiger charge is 2.20. The van der Waals surface area contributed by atoms with Gasteiger partial charge in [-0.25, -0.2) is 4.79 Å². The molecule has 5 nitrogen and oxygen atoms in total. The van der Waals surface area contributed by atoms with Gasteiger partial charge in [0.15, 0.2) is 6.10 Å². The van der Waals surface area contributed by atoms with Gasteiger partial charge in [-0.3, -0.25) is 0 Å². The normalized spacial score (nSPS) is 11.5. The van der Waals surface area contributed by atoms with Crippen molar-refractivity contribution < 1.29 is 14.6 Å². The van der Waals surface area contributed by atoms with E-state index in [0.717, 1.165) is 0 Å². The van der Waals surface area contributed by atoms with Crippen LogP contribution in [0.25, 0.3) is 0 Å². The van der Waals surface area contributed by atoms with Crippen LogP contribution in [-0.4, -0.2) is 17.2 Å². The number of hydrogen-bond acceptors (Lipinski definition) is 4. The Morgan fingerprint density at radius 1 is 1.36 bits per heavy atom.